The number of aromatic nitrogens is 2. The number of hydrogen-bond acceptors (Lipinski definition) is 4. The van der Waals surface area contributed by atoms with Crippen LogP contribution in [0.4, 0.5) is 5.82 Å². The smallest absolute Gasteiger partial charge is 0.124 e. The van der Waals surface area contributed by atoms with Gasteiger partial charge < -0.3 is 20.2 Å². The van der Waals surface area contributed by atoms with Gasteiger partial charge in [-0.2, -0.15) is 0 Å². The minimum atomic E-state index is 0.476. The summed E-state index contributed by atoms with van der Waals surface area (Å²) >= 11 is 0. The lowest BCUT2D eigenvalue weighted by Gasteiger charge is -2.09. The molecular weight excluding hydrogens is 302 g/mol. The summed E-state index contributed by atoms with van der Waals surface area (Å²) in [7, 11) is 3.26. The van der Waals surface area contributed by atoms with Gasteiger partial charge in [0, 0.05) is 27.9 Å². The second kappa shape index (κ2) is 5.45. The van der Waals surface area contributed by atoms with Gasteiger partial charge in [0.05, 0.1) is 25.4 Å². The first-order valence-corrected chi connectivity index (χ1v) is 7.60. The highest BCUT2D eigenvalue weighted by atomic mass is 16.5. The van der Waals surface area contributed by atoms with E-state index in [2.05, 4.69) is 16.0 Å². The first-order valence-electron chi connectivity index (χ1n) is 7.60. The highest BCUT2D eigenvalue weighted by molar-refractivity contribution is 6.11. The third kappa shape index (κ3) is 2.22. The fourth-order valence-corrected chi connectivity index (χ4v) is 3.02. The van der Waals surface area contributed by atoms with E-state index in [1.807, 2.05) is 42.5 Å². The summed E-state index contributed by atoms with van der Waals surface area (Å²) in [6.07, 6.45) is 0. The quantitative estimate of drug-likeness (QED) is 0.599. The molecule has 0 bridgehead atoms. The highest BCUT2D eigenvalue weighted by Gasteiger charge is 2.14. The number of nitrogen functional groups attached to an aromatic ring is 1. The molecule has 0 saturated heterocycles. The number of methoxy groups -OCH3 is 2. The lowest BCUT2D eigenvalue weighted by molar-refractivity contribution is 0.394. The molecule has 0 amide bonds. The zero-order valence-corrected chi connectivity index (χ0v) is 13.5. The van der Waals surface area contributed by atoms with Crippen molar-refractivity contribution in [2.24, 2.45) is 0 Å². The van der Waals surface area contributed by atoms with Crippen molar-refractivity contribution in [1.82, 2.24) is 9.97 Å². The number of nitrogens with two attached hydrogens (primary N) is 1. The predicted molar refractivity (Wildman–Crippen MR) is 96.6 cm³/mol. The maximum absolute atomic E-state index is 6.07. The predicted octanol–water partition coefficient (Wildman–Crippen LogP) is 3.98. The Kier molecular flexibility index (Phi) is 3.27. The van der Waals surface area contributed by atoms with E-state index in [0.29, 0.717) is 17.3 Å². The first-order chi connectivity index (χ1) is 11.7. The number of ether oxygens (including phenoxy) is 2. The number of aromatic amines is 1. The van der Waals surface area contributed by atoms with Gasteiger partial charge in [0.25, 0.3) is 0 Å². The van der Waals surface area contributed by atoms with Crippen LogP contribution in [-0.4, -0.2) is 24.2 Å². The van der Waals surface area contributed by atoms with Crippen molar-refractivity contribution < 1.29 is 9.47 Å². The maximum atomic E-state index is 6.07. The van der Waals surface area contributed by atoms with Crippen LogP contribution in [0.5, 0.6) is 11.5 Å². The number of nitrogens with one attached hydrogen (secondary N) is 1. The Bertz CT molecular complexity index is 1030. The molecule has 0 fully saturated rings. The van der Waals surface area contributed by atoms with Crippen molar-refractivity contribution >= 4 is 27.6 Å². The summed E-state index contributed by atoms with van der Waals surface area (Å²) in [5.41, 5.74) is 9.72. The van der Waals surface area contributed by atoms with Gasteiger partial charge in [0.1, 0.15) is 17.3 Å². The standard InChI is InChI=1S/C19H17N3O2/c1-23-12-7-11(8-13(9-12)24-2)18-19-15(10-17(20)22-18)14-5-3-4-6-16(14)21-19/h3-10,21H,1-2H3,(H2,20,22). The third-order valence-corrected chi connectivity index (χ3v) is 4.14. The lowest BCUT2D eigenvalue weighted by Crippen LogP contribution is -1.95. The summed E-state index contributed by atoms with van der Waals surface area (Å²) in [4.78, 5) is 8.00. The van der Waals surface area contributed by atoms with Crippen molar-refractivity contribution in [2.45, 2.75) is 0 Å². The monoisotopic (exact) mass is 319 g/mol. The van der Waals surface area contributed by atoms with Crippen molar-refractivity contribution in [1.29, 1.82) is 0 Å². The molecule has 0 aliphatic carbocycles. The van der Waals surface area contributed by atoms with E-state index < -0.39 is 0 Å². The van der Waals surface area contributed by atoms with Gasteiger partial charge in [-0.1, -0.05) is 18.2 Å². The Morgan fingerprint density at radius 3 is 2.33 bits per heavy atom. The zero-order valence-electron chi connectivity index (χ0n) is 13.5. The summed E-state index contributed by atoms with van der Waals surface area (Å²) in [6.45, 7) is 0. The Balaban J connectivity index is 2.06. The van der Waals surface area contributed by atoms with Crippen LogP contribution in [0, 0.1) is 0 Å². The largest absolute Gasteiger partial charge is 0.497 e. The summed E-state index contributed by atoms with van der Waals surface area (Å²) < 4.78 is 10.7. The topological polar surface area (TPSA) is 73.2 Å². The Hall–Kier alpha value is -3.21. The van der Waals surface area contributed by atoms with Gasteiger partial charge in [0.15, 0.2) is 0 Å². The second-order valence-corrected chi connectivity index (χ2v) is 5.59. The molecule has 2 heterocycles. The van der Waals surface area contributed by atoms with Gasteiger partial charge in [-0.15, -0.1) is 0 Å². The molecule has 24 heavy (non-hydrogen) atoms. The normalized spacial score (nSPS) is 11.1. The molecule has 0 radical (unpaired) electrons. The van der Waals surface area contributed by atoms with Crippen molar-refractivity contribution in [3.63, 3.8) is 0 Å². The van der Waals surface area contributed by atoms with Crippen LogP contribution < -0.4 is 15.2 Å². The number of benzene rings is 2. The number of H-pyrrole nitrogens is 1. The second-order valence-electron chi connectivity index (χ2n) is 5.59. The van der Waals surface area contributed by atoms with E-state index in [9.17, 15) is 0 Å². The molecule has 2 aromatic heterocycles. The molecule has 5 heteroatoms. The van der Waals surface area contributed by atoms with Crippen molar-refractivity contribution in [3.8, 4) is 22.8 Å². The minimum absolute atomic E-state index is 0.476. The van der Waals surface area contributed by atoms with Gasteiger partial charge in [-0.05, 0) is 24.3 Å². The summed E-state index contributed by atoms with van der Waals surface area (Å²) in [6, 6.07) is 15.7. The van der Waals surface area contributed by atoms with Crippen LogP contribution in [0.15, 0.2) is 48.5 Å². The average Bonchev–Trinajstić information content (AvgIpc) is 2.99. The molecule has 120 valence electrons. The Morgan fingerprint density at radius 1 is 0.917 bits per heavy atom. The Labute approximate surface area is 139 Å². The number of nitrogens with zero attached hydrogens (tertiary/aromatic N) is 1. The SMILES string of the molecule is COc1cc(OC)cc(-c2nc(N)cc3c2[nH]c2ccccc23)c1. The maximum Gasteiger partial charge on any atom is 0.124 e. The number of anilines is 1. The number of rotatable bonds is 3. The molecule has 3 N–H and O–H groups in total. The lowest BCUT2D eigenvalue weighted by atomic mass is 10.1. The molecule has 0 atom stereocenters. The molecule has 0 aliphatic heterocycles. The van der Waals surface area contributed by atoms with Gasteiger partial charge >= 0.3 is 0 Å². The molecule has 4 aromatic rings. The first kappa shape index (κ1) is 14.4. The van der Waals surface area contributed by atoms with E-state index in [0.717, 1.165) is 33.1 Å². The van der Waals surface area contributed by atoms with Gasteiger partial charge in [-0.3, -0.25) is 0 Å². The molecule has 2 aromatic carbocycles. The van der Waals surface area contributed by atoms with Crippen LogP contribution >= 0.6 is 0 Å². The van der Waals surface area contributed by atoms with Gasteiger partial charge in [0.2, 0.25) is 0 Å². The summed E-state index contributed by atoms with van der Waals surface area (Å²) in [5, 5.41) is 2.17. The molecule has 0 aliphatic rings. The minimum Gasteiger partial charge on any atom is -0.497 e. The van der Waals surface area contributed by atoms with E-state index >= 15 is 0 Å². The highest BCUT2D eigenvalue weighted by Crippen LogP contribution is 2.36. The van der Waals surface area contributed by atoms with Crippen LogP contribution in [0.3, 0.4) is 0 Å². The molecule has 4 rings (SSSR count). The molecule has 5 nitrogen and oxygen atoms in total. The van der Waals surface area contributed by atoms with E-state index in [4.69, 9.17) is 15.2 Å². The van der Waals surface area contributed by atoms with Crippen molar-refractivity contribution in [3.05, 3.63) is 48.5 Å². The fourth-order valence-electron chi connectivity index (χ4n) is 3.02. The van der Waals surface area contributed by atoms with Gasteiger partial charge in [-0.25, -0.2) is 4.98 Å². The van der Waals surface area contributed by atoms with Crippen LogP contribution in [0.1, 0.15) is 0 Å². The van der Waals surface area contributed by atoms with E-state index in [1.54, 1.807) is 14.2 Å². The Morgan fingerprint density at radius 2 is 1.62 bits per heavy atom. The average molecular weight is 319 g/mol. The molecule has 0 saturated carbocycles. The van der Waals surface area contributed by atoms with Crippen molar-refractivity contribution in [2.75, 3.05) is 20.0 Å². The molecular formula is C19H17N3O2. The van der Waals surface area contributed by atoms with Crippen LogP contribution in [0.25, 0.3) is 33.1 Å². The van der Waals surface area contributed by atoms with E-state index in [-0.39, 0.29) is 0 Å². The number of hydrogen-bond donors (Lipinski definition) is 2. The fraction of sp³-hybridized carbons (Fsp3) is 0.105. The summed E-state index contributed by atoms with van der Waals surface area (Å²) in [5.74, 6) is 1.89. The third-order valence-electron chi connectivity index (χ3n) is 4.14. The van der Waals surface area contributed by atoms with E-state index in [1.165, 1.54) is 0 Å². The number of pyridine rings is 1. The zero-order chi connectivity index (χ0) is 16.7. The number of fused-ring (bicyclic) bond motifs is 3. The molecule has 0 unspecified atom stereocenters. The molecule has 0 spiro atoms. The van der Waals surface area contributed by atoms with Crippen LogP contribution in [0.2, 0.25) is 0 Å². The number of para-hydroxylation sites is 1. The van der Waals surface area contributed by atoms with Crippen LogP contribution in [-0.2, 0) is 0 Å².